The third-order valence-electron chi connectivity index (χ3n) is 2.32. The molecule has 1 rings (SSSR count). The number of hydrogen-bond donors (Lipinski definition) is 2. The van der Waals surface area contributed by atoms with Gasteiger partial charge in [0, 0.05) is 6.54 Å². The number of nitrogens with one attached hydrogen (secondary N) is 1. The topological polar surface area (TPSA) is 45.1 Å². The van der Waals surface area contributed by atoms with Crippen LogP contribution < -0.4 is 5.32 Å². The van der Waals surface area contributed by atoms with E-state index in [1.54, 1.807) is 13.1 Å². The number of rotatable bonds is 4. The molecule has 80 valence electrons. The number of hydrogen-bond acceptors (Lipinski definition) is 4. The van der Waals surface area contributed by atoms with E-state index in [1.165, 1.54) is 11.3 Å². The molecule has 5 heteroatoms. The van der Waals surface area contributed by atoms with E-state index >= 15 is 0 Å². The van der Waals surface area contributed by atoms with Crippen molar-refractivity contribution < 1.29 is 5.11 Å². The predicted molar refractivity (Wildman–Crippen MR) is 61.1 cm³/mol. The van der Waals surface area contributed by atoms with Gasteiger partial charge >= 0.3 is 0 Å². The van der Waals surface area contributed by atoms with Gasteiger partial charge in [-0.25, -0.2) is 4.98 Å². The summed E-state index contributed by atoms with van der Waals surface area (Å²) in [6.45, 7) is 6.25. The predicted octanol–water partition coefficient (Wildman–Crippen LogP) is 2.62. The minimum absolute atomic E-state index is 0.199. The highest BCUT2D eigenvalue weighted by atomic mass is 35.5. The summed E-state index contributed by atoms with van der Waals surface area (Å²) >= 11 is 7.10. The largest absolute Gasteiger partial charge is 0.388 e. The normalized spacial score (nSPS) is 15.6. The molecule has 0 aliphatic rings. The lowest BCUT2D eigenvalue weighted by Crippen LogP contribution is -2.38. The highest BCUT2D eigenvalue weighted by Crippen LogP contribution is 2.24. The van der Waals surface area contributed by atoms with Crippen LogP contribution in [0.1, 0.15) is 20.8 Å². The molecule has 0 aliphatic heterocycles. The van der Waals surface area contributed by atoms with Crippen LogP contribution in [0.3, 0.4) is 0 Å². The maximum absolute atomic E-state index is 9.94. The van der Waals surface area contributed by atoms with E-state index in [9.17, 15) is 5.11 Å². The van der Waals surface area contributed by atoms with E-state index in [0.717, 1.165) is 5.13 Å². The Morgan fingerprint density at radius 2 is 2.36 bits per heavy atom. The van der Waals surface area contributed by atoms with Gasteiger partial charge in [-0.3, -0.25) is 0 Å². The van der Waals surface area contributed by atoms with Gasteiger partial charge in [0.15, 0.2) is 5.13 Å². The summed E-state index contributed by atoms with van der Waals surface area (Å²) in [7, 11) is 0. The van der Waals surface area contributed by atoms with E-state index in [1.807, 2.05) is 13.8 Å². The molecule has 1 aromatic rings. The Hall–Kier alpha value is -0.320. The van der Waals surface area contributed by atoms with Gasteiger partial charge in [0.1, 0.15) is 4.34 Å². The molecule has 0 aliphatic carbocycles. The second-order valence-corrected chi connectivity index (χ2v) is 5.50. The molecule has 14 heavy (non-hydrogen) atoms. The van der Waals surface area contributed by atoms with Crippen molar-refractivity contribution in [3.8, 4) is 0 Å². The van der Waals surface area contributed by atoms with Crippen molar-refractivity contribution in [1.82, 2.24) is 4.98 Å². The summed E-state index contributed by atoms with van der Waals surface area (Å²) < 4.78 is 0.650. The minimum Gasteiger partial charge on any atom is -0.388 e. The standard InChI is InChI=1S/C9H15ClN2OS/c1-6(2)9(3,13)5-12-8-11-4-7(10)14-8/h4,6,13H,5H2,1-3H3,(H,11,12). The first-order chi connectivity index (χ1) is 6.42. The lowest BCUT2D eigenvalue weighted by Gasteiger charge is -2.27. The van der Waals surface area contributed by atoms with Gasteiger partial charge in [0.2, 0.25) is 0 Å². The van der Waals surface area contributed by atoms with Crippen LogP contribution in [0.2, 0.25) is 4.34 Å². The Morgan fingerprint density at radius 3 is 2.79 bits per heavy atom. The van der Waals surface area contributed by atoms with Gasteiger partial charge in [0.25, 0.3) is 0 Å². The van der Waals surface area contributed by atoms with E-state index in [0.29, 0.717) is 10.9 Å². The highest BCUT2D eigenvalue weighted by molar-refractivity contribution is 7.19. The van der Waals surface area contributed by atoms with Crippen molar-refractivity contribution in [2.75, 3.05) is 11.9 Å². The van der Waals surface area contributed by atoms with Crippen molar-refractivity contribution in [2.24, 2.45) is 5.92 Å². The Labute approximate surface area is 93.1 Å². The van der Waals surface area contributed by atoms with Crippen molar-refractivity contribution in [2.45, 2.75) is 26.4 Å². The molecule has 0 amide bonds. The Kier molecular flexibility index (Phi) is 3.75. The van der Waals surface area contributed by atoms with Gasteiger partial charge in [-0.15, -0.1) is 0 Å². The van der Waals surface area contributed by atoms with Crippen LogP contribution in [0.15, 0.2) is 6.20 Å². The molecule has 0 radical (unpaired) electrons. The number of aliphatic hydroxyl groups is 1. The lowest BCUT2D eigenvalue weighted by molar-refractivity contribution is 0.0266. The maximum atomic E-state index is 9.94. The minimum atomic E-state index is -0.724. The molecular formula is C9H15ClN2OS. The first-order valence-corrected chi connectivity index (χ1v) is 5.69. The second-order valence-electron chi connectivity index (χ2n) is 3.83. The average Bonchev–Trinajstić information content (AvgIpc) is 2.48. The van der Waals surface area contributed by atoms with Gasteiger partial charge in [-0.2, -0.15) is 0 Å². The monoisotopic (exact) mass is 234 g/mol. The van der Waals surface area contributed by atoms with Crippen molar-refractivity contribution >= 4 is 28.1 Å². The molecule has 1 aromatic heterocycles. The fourth-order valence-corrected chi connectivity index (χ4v) is 1.60. The van der Waals surface area contributed by atoms with Crippen molar-refractivity contribution in [3.05, 3.63) is 10.5 Å². The molecule has 1 atom stereocenters. The summed E-state index contributed by atoms with van der Waals surface area (Å²) in [5, 5.41) is 13.7. The third-order valence-corrected chi connectivity index (χ3v) is 3.39. The zero-order valence-corrected chi connectivity index (χ0v) is 10.1. The van der Waals surface area contributed by atoms with Crippen LogP contribution in [0.4, 0.5) is 5.13 Å². The Balaban J connectivity index is 2.48. The summed E-state index contributed by atoms with van der Waals surface area (Å²) in [5.74, 6) is 0.199. The molecule has 0 fully saturated rings. The smallest absolute Gasteiger partial charge is 0.184 e. The molecule has 2 N–H and O–H groups in total. The van der Waals surface area contributed by atoms with E-state index in [4.69, 9.17) is 11.6 Å². The molecule has 1 heterocycles. The first kappa shape index (κ1) is 11.8. The molecule has 0 saturated heterocycles. The average molecular weight is 235 g/mol. The summed E-state index contributed by atoms with van der Waals surface area (Å²) in [5.41, 5.74) is -0.724. The van der Waals surface area contributed by atoms with E-state index in [-0.39, 0.29) is 5.92 Å². The Bertz CT molecular complexity index is 299. The lowest BCUT2D eigenvalue weighted by atomic mass is 9.93. The van der Waals surface area contributed by atoms with Crippen molar-refractivity contribution in [3.63, 3.8) is 0 Å². The molecule has 0 bridgehead atoms. The second kappa shape index (κ2) is 4.47. The highest BCUT2D eigenvalue weighted by Gasteiger charge is 2.24. The van der Waals surface area contributed by atoms with Crippen LogP contribution in [-0.2, 0) is 0 Å². The molecule has 3 nitrogen and oxygen atoms in total. The third kappa shape index (κ3) is 3.12. The van der Waals surface area contributed by atoms with Crippen LogP contribution in [0, 0.1) is 5.92 Å². The van der Waals surface area contributed by atoms with Gasteiger partial charge in [0.05, 0.1) is 11.8 Å². The molecule has 0 saturated carbocycles. The Morgan fingerprint density at radius 1 is 1.71 bits per heavy atom. The van der Waals surface area contributed by atoms with E-state index in [2.05, 4.69) is 10.3 Å². The number of nitrogens with zero attached hydrogens (tertiary/aromatic N) is 1. The molecule has 1 unspecified atom stereocenters. The molecule has 0 aromatic carbocycles. The van der Waals surface area contributed by atoms with Crippen LogP contribution in [0.25, 0.3) is 0 Å². The number of halogens is 1. The van der Waals surface area contributed by atoms with Crippen molar-refractivity contribution in [1.29, 1.82) is 0 Å². The van der Waals surface area contributed by atoms with Crippen LogP contribution in [-0.4, -0.2) is 22.2 Å². The van der Waals surface area contributed by atoms with Gasteiger partial charge in [-0.1, -0.05) is 36.8 Å². The summed E-state index contributed by atoms with van der Waals surface area (Å²) in [6, 6.07) is 0. The SMILES string of the molecule is CC(C)C(C)(O)CNc1ncc(Cl)s1. The fraction of sp³-hybridized carbons (Fsp3) is 0.667. The van der Waals surface area contributed by atoms with Gasteiger partial charge < -0.3 is 10.4 Å². The molecular weight excluding hydrogens is 220 g/mol. The van der Waals surface area contributed by atoms with E-state index < -0.39 is 5.60 Å². The fourth-order valence-electron chi connectivity index (χ4n) is 0.795. The molecule has 0 spiro atoms. The zero-order valence-electron chi connectivity index (χ0n) is 8.54. The number of thiazole rings is 1. The first-order valence-electron chi connectivity index (χ1n) is 4.49. The van der Waals surface area contributed by atoms with Crippen LogP contribution >= 0.6 is 22.9 Å². The van der Waals surface area contributed by atoms with Crippen LogP contribution in [0.5, 0.6) is 0 Å². The zero-order chi connectivity index (χ0) is 10.8. The summed E-state index contributed by atoms with van der Waals surface area (Å²) in [6.07, 6.45) is 1.60. The summed E-state index contributed by atoms with van der Waals surface area (Å²) in [4.78, 5) is 4.04. The number of anilines is 1. The van der Waals surface area contributed by atoms with Gasteiger partial charge in [-0.05, 0) is 12.8 Å². The quantitative estimate of drug-likeness (QED) is 0.842. The maximum Gasteiger partial charge on any atom is 0.184 e. The number of aromatic nitrogens is 1.